The molecule has 2 heterocycles. The molecule has 7 nitrogen and oxygen atoms in total. The van der Waals surface area contributed by atoms with Crippen LogP contribution < -0.4 is 0 Å². The molecule has 1 aromatic heterocycles. The maximum Gasteiger partial charge on any atom is 0.270 e. The minimum Gasteiger partial charge on any atom is -0.357 e. The third-order valence-electron chi connectivity index (χ3n) is 4.23. The first-order valence-electron chi connectivity index (χ1n) is 7.93. The van der Waals surface area contributed by atoms with Gasteiger partial charge in [-0.15, -0.1) is 0 Å². The zero-order chi connectivity index (χ0) is 18.0. The fourth-order valence-corrected chi connectivity index (χ4v) is 4.26. The van der Waals surface area contributed by atoms with Crippen molar-refractivity contribution in [1.29, 1.82) is 0 Å². The Kier molecular flexibility index (Phi) is 4.73. The van der Waals surface area contributed by atoms with Gasteiger partial charge in [-0.1, -0.05) is 12.1 Å². The Bertz CT molecular complexity index is 882. The molecular weight excluding hydrogens is 342 g/mol. The van der Waals surface area contributed by atoms with Gasteiger partial charge in [-0.2, -0.15) is 4.31 Å². The summed E-state index contributed by atoms with van der Waals surface area (Å²) >= 11 is 0. The van der Waals surface area contributed by atoms with Crippen LogP contribution in [-0.2, 0) is 10.0 Å². The summed E-state index contributed by atoms with van der Waals surface area (Å²) in [5.74, 6) is -0.320. The van der Waals surface area contributed by atoms with Gasteiger partial charge in [0.25, 0.3) is 5.91 Å². The fraction of sp³-hybridized carbons (Fsp3) is 0.294. The summed E-state index contributed by atoms with van der Waals surface area (Å²) in [6, 6.07) is 9.48. The first-order valence-corrected chi connectivity index (χ1v) is 9.37. The molecule has 1 N–H and O–H groups in total. The number of hydrogen-bond acceptors (Lipinski definition) is 4. The number of piperazine rings is 1. The van der Waals surface area contributed by atoms with Crippen molar-refractivity contribution in [2.45, 2.75) is 11.8 Å². The van der Waals surface area contributed by atoms with Crippen LogP contribution in [0.2, 0.25) is 0 Å². The second-order valence-electron chi connectivity index (χ2n) is 5.86. The summed E-state index contributed by atoms with van der Waals surface area (Å²) in [6.45, 7) is 2.49. The molecule has 2 aromatic rings. The van der Waals surface area contributed by atoms with E-state index >= 15 is 0 Å². The van der Waals surface area contributed by atoms with Crippen molar-refractivity contribution >= 4 is 21.7 Å². The highest BCUT2D eigenvalue weighted by Crippen LogP contribution is 2.19. The number of hydrogen-bond donors (Lipinski definition) is 1. The number of amides is 1. The lowest BCUT2D eigenvalue weighted by molar-refractivity contribution is 0.0692. The third kappa shape index (κ3) is 3.49. The molecule has 8 heteroatoms. The smallest absolute Gasteiger partial charge is 0.270 e. The van der Waals surface area contributed by atoms with E-state index < -0.39 is 10.0 Å². The first kappa shape index (κ1) is 17.4. The van der Waals surface area contributed by atoms with E-state index in [-0.39, 0.29) is 29.7 Å². The van der Waals surface area contributed by atoms with E-state index in [0.717, 1.165) is 0 Å². The Balaban J connectivity index is 1.72. The van der Waals surface area contributed by atoms with Gasteiger partial charge in [0.1, 0.15) is 5.69 Å². The average Bonchev–Trinajstić information content (AvgIpc) is 3.16. The van der Waals surface area contributed by atoms with Crippen LogP contribution >= 0.6 is 0 Å². The molecule has 1 fully saturated rings. The summed E-state index contributed by atoms with van der Waals surface area (Å²) in [5.41, 5.74) is 0.854. The number of aromatic nitrogens is 1. The van der Waals surface area contributed by atoms with Crippen LogP contribution in [0.15, 0.2) is 47.5 Å². The Morgan fingerprint density at radius 3 is 2.36 bits per heavy atom. The molecule has 1 aliphatic heterocycles. The maximum absolute atomic E-state index is 12.8. The molecule has 132 valence electrons. The van der Waals surface area contributed by atoms with E-state index in [2.05, 4.69) is 4.98 Å². The van der Waals surface area contributed by atoms with Crippen LogP contribution in [0.25, 0.3) is 0 Å². The normalized spacial score (nSPS) is 16.0. The van der Waals surface area contributed by atoms with Crippen molar-refractivity contribution in [3.05, 3.63) is 53.9 Å². The van der Waals surface area contributed by atoms with Crippen molar-refractivity contribution in [1.82, 2.24) is 14.2 Å². The molecule has 1 aliphatic rings. The van der Waals surface area contributed by atoms with Gasteiger partial charge in [-0.05, 0) is 31.2 Å². The molecule has 0 radical (unpaired) electrons. The van der Waals surface area contributed by atoms with Crippen LogP contribution in [0.4, 0.5) is 0 Å². The summed E-state index contributed by atoms with van der Waals surface area (Å²) in [6.07, 6.45) is 1.68. The van der Waals surface area contributed by atoms with E-state index in [4.69, 9.17) is 0 Å². The molecule has 0 unspecified atom stereocenters. The van der Waals surface area contributed by atoms with Crippen LogP contribution in [0.3, 0.4) is 0 Å². The van der Waals surface area contributed by atoms with E-state index in [1.165, 1.54) is 23.4 Å². The van der Waals surface area contributed by atoms with E-state index in [0.29, 0.717) is 24.3 Å². The van der Waals surface area contributed by atoms with Gasteiger partial charge in [0, 0.05) is 37.9 Å². The van der Waals surface area contributed by atoms with E-state index in [1.54, 1.807) is 35.4 Å². The fourth-order valence-electron chi connectivity index (χ4n) is 2.79. The van der Waals surface area contributed by atoms with E-state index in [1.807, 2.05) is 0 Å². The van der Waals surface area contributed by atoms with Gasteiger partial charge < -0.3 is 9.88 Å². The highest BCUT2D eigenvalue weighted by molar-refractivity contribution is 7.89. The summed E-state index contributed by atoms with van der Waals surface area (Å²) in [7, 11) is -3.69. The molecule has 1 aromatic carbocycles. The first-order chi connectivity index (χ1) is 11.9. The van der Waals surface area contributed by atoms with Crippen molar-refractivity contribution in [3.63, 3.8) is 0 Å². The van der Waals surface area contributed by atoms with Crippen LogP contribution in [0, 0.1) is 0 Å². The average molecular weight is 361 g/mol. The molecule has 1 saturated heterocycles. The Morgan fingerprint density at radius 1 is 1.04 bits per heavy atom. The number of Topliss-reactive ketones (excluding diaryl/α,β-unsaturated/α-hetero) is 1. The van der Waals surface area contributed by atoms with Gasteiger partial charge >= 0.3 is 0 Å². The number of nitrogens with one attached hydrogen (secondary N) is 1. The van der Waals surface area contributed by atoms with Crippen LogP contribution in [0.5, 0.6) is 0 Å². The molecule has 1 amide bonds. The molecule has 0 atom stereocenters. The second kappa shape index (κ2) is 6.81. The molecule has 0 saturated carbocycles. The lowest BCUT2D eigenvalue weighted by Crippen LogP contribution is -2.50. The highest BCUT2D eigenvalue weighted by Gasteiger charge is 2.30. The Labute approximate surface area is 146 Å². The van der Waals surface area contributed by atoms with Gasteiger partial charge in [0.05, 0.1) is 4.90 Å². The van der Waals surface area contributed by atoms with Crippen molar-refractivity contribution in [2.75, 3.05) is 26.2 Å². The monoisotopic (exact) mass is 361 g/mol. The lowest BCUT2D eigenvalue weighted by atomic mass is 10.2. The van der Waals surface area contributed by atoms with Crippen molar-refractivity contribution in [3.8, 4) is 0 Å². The van der Waals surface area contributed by atoms with Gasteiger partial charge in [0.2, 0.25) is 10.0 Å². The SMILES string of the molecule is CC(=O)c1cccc(S(=O)(=O)N2CCN(C(=O)c3ccc[nH]3)CC2)c1. The van der Waals surface area contributed by atoms with Gasteiger partial charge in [-0.25, -0.2) is 8.42 Å². The molecule has 25 heavy (non-hydrogen) atoms. The molecular formula is C17H19N3O4S. The predicted octanol–water partition coefficient (Wildman–Crippen LogP) is 1.36. The lowest BCUT2D eigenvalue weighted by Gasteiger charge is -2.33. The highest BCUT2D eigenvalue weighted by atomic mass is 32.2. The number of H-pyrrole nitrogens is 1. The van der Waals surface area contributed by atoms with Gasteiger partial charge in [0.15, 0.2) is 5.78 Å². The van der Waals surface area contributed by atoms with Crippen LogP contribution in [0.1, 0.15) is 27.8 Å². The topological polar surface area (TPSA) is 90.6 Å². The minimum atomic E-state index is -3.69. The summed E-state index contributed by atoms with van der Waals surface area (Å²) in [4.78, 5) is 28.4. The maximum atomic E-state index is 12.8. The number of aromatic amines is 1. The third-order valence-corrected chi connectivity index (χ3v) is 6.13. The van der Waals surface area contributed by atoms with Crippen molar-refractivity contribution in [2.24, 2.45) is 0 Å². The van der Waals surface area contributed by atoms with Crippen molar-refractivity contribution < 1.29 is 18.0 Å². The number of sulfonamides is 1. The Hall–Kier alpha value is -2.45. The van der Waals surface area contributed by atoms with Crippen LogP contribution in [-0.4, -0.2) is 60.5 Å². The minimum absolute atomic E-state index is 0.101. The zero-order valence-corrected chi connectivity index (χ0v) is 14.6. The number of carbonyl (C=O) groups excluding carboxylic acids is 2. The van der Waals surface area contributed by atoms with E-state index in [9.17, 15) is 18.0 Å². The Morgan fingerprint density at radius 2 is 1.76 bits per heavy atom. The molecule has 3 rings (SSSR count). The van der Waals surface area contributed by atoms with Gasteiger partial charge in [-0.3, -0.25) is 9.59 Å². The second-order valence-corrected chi connectivity index (χ2v) is 7.80. The number of carbonyl (C=O) groups is 2. The largest absolute Gasteiger partial charge is 0.357 e. The molecule has 0 bridgehead atoms. The quantitative estimate of drug-likeness (QED) is 0.833. The molecule has 0 aliphatic carbocycles. The standard InChI is InChI=1S/C17H19N3O4S/c1-13(21)14-4-2-5-15(12-14)25(23,24)20-10-8-19(9-11-20)17(22)16-6-3-7-18-16/h2-7,12,18H,8-11H2,1H3. The summed E-state index contributed by atoms with van der Waals surface area (Å²) in [5, 5.41) is 0. The zero-order valence-electron chi connectivity index (χ0n) is 13.8. The predicted molar refractivity (Wildman–Crippen MR) is 91.9 cm³/mol. The molecule has 0 spiro atoms. The number of benzene rings is 1. The number of rotatable bonds is 4. The number of nitrogens with zero attached hydrogens (tertiary/aromatic N) is 2. The summed E-state index contributed by atoms with van der Waals surface area (Å²) < 4.78 is 26.9. The number of ketones is 1.